The maximum absolute atomic E-state index is 16.6. The molecule has 5 heterocycles. The van der Waals surface area contributed by atoms with Crippen molar-refractivity contribution in [1.82, 2.24) is 25.3 Å². The number of pyridine rings is 2. The molecule has 42 heavy (non-hydrogen) atoms. The van der Waals surface area contributed by atoms with Crippen LogP contribution in [-0.4, -0.2) is 69.9 Å². The Morgan fingerprint density at radius 3 is 2.74 bits per heavy atom. The van der Waals surface area contributed by atoms with E-state index in [9.17, 15) is 14.3 Å². The molecule has 3 N–H and O–H groups in total. The van der Waals surface area contributed by atoms with Crippen molar-refractivity contribution in [3.05, 3.63) is 51.9 Å². The van der Waals surface area contributed by atoms with E-state index in [1.807, 2.05) is 16.8 Å². The number of rotatable bonds is 5. The van der Waals surface area contributed by atoms with Crippen LogP contribution in [0.2, 0.25) is 0 Å². The summed E-state index contributed by atoms with van der Waals surface area (Å²) < 4.78 is 31.3. The minimum atomic E-state index is -0.786. The van der Waals surface area contributed by atoms with E-state index in [1.165, 1.54) is 24.4 Å². The van der Waals surface area contributed by atoms with E-state index in [-0.39, 0.29) is 33.9 Å². The highest BCUT2D eigenvalue weighted by molar-refractivity contribution is 6.00. The molecular formula is C31H33F2N7O2. The van der Waals surface area contributed by atoms with Gasteiger partial charge in [0.25, 0.3) is 0 Å². The van der Waals surface area contributed by atoms with Crippen molar-refractivity contribution in [1.29, 1.82) is 0 Å². The van der Waals surface area contributed by atoms with Gasteiger partial charge in [-0.1, -0.05) is 18.4 Å². The summed E-state index contributed by atoms with van der Waals surface area (Å²) in [6, 6.07) is 4.16. The number of nitrogens with zero attached hydrogens (tertiary/aromatic N) is 5. The van der Waals surface area contributed by atoms with Crippen LogP contribution in [0.15, 0.2) is 29.2 Å². The van der Waals surface area contributed by atoms with Crippen molar-refractivity contribution in [2.45, 2.75) is 50.7 Å². The second-order valence-corrected chi connectivity index (χ2v) is 11.6. The molecule has 11 heteroatoms. The highest BCUT2D eigenvalue weighted by Crippen LogP contribution is 2.35. The second kappa shape index (κ2) is 10.9. The van der Waals surface area contributed by atoms with Crippen molar-refractivity contribution >= 4 is 33.4 Å². The molecule has 2 saturated heterocycles. The highest BCUT2D eigenvalue weighted by Gasteiger charge is 2.30. The lowest BCUT2D eigenvalue weighted by Gasteiger charge is -2.36. The molecule has 3 aromatic heterocycles. The number of benzene rings is 1. The number of halogens is 2. The van der Waals surface area contributed by atoms with E-state index in [4.69, 9.17) is 11.4 Å². The molecule has 2 aliphatic heterocycles. The number of H-pyrrole nitrogens is 1. The SMILES string of the molecule is C#Cc1c(F)ccc2cc(=O)[nH]c(-c3ncc4c(N(C)C[C@@H]5CCCCN5)nc(N5CCC(C)(O)CC5)nc4c3F)c12. The van der Waals surface area contributed by atoms with E-state index < -0.39 is 22.8 Å². The maximum atomic E-state index is 16.6. The number of terminal acetylenes is 1. The maximum Gasteiger partial charge on any atom is 0.249 e. The van der Waals surface area contributed by atoms with Crippen LogP contribution in [0.5, 0.6) is 0 Å². The molecule has 0 spiro atoms. The smallest absolute Gasteiger partial charge is 0.249 e. The van der Waals surface area contributed by atoms with Crippen molar-refractivity contribution in [3.8, 4) is 23.7 Å². The summed E-state index contributed by atoms with van der Waals surface area (Å²) in [5, 5.41) is 15.0. The van der Waals surface area contributed by atoms with E-state index in [1.54, 1.807) is 6.92 Å². The van der Waals surface area contributed by atoms with Crippen molar-refractivity contribution < 1.29 is 13.9 Å². The first-order chi connectivity index (χ1) is 20.1. The van der Waals surface area contributed by atoms with Crippen LogP contribution >= 0.6 is 0 Å². The minimum Gasteiger partial charge on any atom is -0.390 e. The number of hydrogen-bond donors (Lipinski definition) is 3. The first-order valence-electron chi connectivity index (χ1n) is 14.3. The fraction of sp³-hybridized carbons (Fsp3) is 0.419. The van der Waals surface area contributed by atoms with Gasteiger partial charge in [-0.25, -0.2) is 13.8 Å². The van der Waals surface area contributed by atoms with Crippen molar-refractivity contribution in [2.24, 2.45) is 0 Å². The van der Waals surface area contributed by atoms with E-state index in [2.05, 4.69) is 26.2 Å². The summed E-state index contributed by atoms with van der Waals surface area (Å²) in [7, 11) is 1.92. The molecule has 6 rings (SSSR count). The number of nitrogens with one attached hydrogen (secondary N) is 2. The molecular weight excluding hydrogens is 540 g/mol. The lowest BCUT2D eigenvalue weighted by molar-refractivity contribution is 0.0349. The standard InChI is InChI=1S/C31H33F2N7O2/c1-4-20-22(32)9-8-18-15-23(41)36-27(24(18)20)28-25(33)26-21(16-35-28)29(39(3)17-19-7-5-6-12-34-19)38-30(37-26)40-13-10-31(2,42)11-14-40/h1,8-9,15-16,19,34,42H,5-7,10-14,17H2,2-3H3,(H,36,41)/t19-/m0/s1. The van der Waals surface area contributed by atoms with Gasteiger partial charge in [0.2, 0.25) is 11.5 Å². The topological polar surface area (TPSA) is 110 Å². The summed E-state index contributed by atoms with van der Waals surface area (Å²) in [4.78, 5) is 33.1. The molecule has 4 aromatic rings. The molecule has 0 amide bonds. The quantitative estimate of drug-likeness (QED) is 0.310. The number of fused-ring (bicyclic) bond motifs is 2. The third-order valence-corrected chi connectivity index (χ3v) is 8.40. The van der Waals surface area contributed by atoms with Gasteiger partial charge in [0.15, 0.2) is 5.82 Å². The van der Waals surface area contributed by atoms with E-state index in [0.717, 1.165) is 25.8 Å². The Morgan fingerprint density at radius 2 is 2.02 bits per heavy atom. The Morgan fingerprint density at radius 1 is 1.24 bits per heavy atom. The molecule has 0 saturated carbocycles. The van der Waals surface area contributed by atoms with E-state index in [0.29, 0.717) is 55.0 Å². The number of aliphatic hydroxyl groups is 1. The second-order valence-electron chi connectivity index (χ2n) is 11.6. The number of anilines is 2. The number of hydrogen-bond acceptors (Lipinski definition) is 8. The van der Waals surface area contributed by atoms with Gasteiger partial charge in [-0.15, -0.1) is 6.42 Å². The third-order valence-electron chi connectivity index (χ3n) is 8.40. The number of aromatic nitrogens is 4. The average molecular weight is 574 g/mol. The summed E-state index contributed by atoms with van der Waals surface area (Å²) in [6.07, 6.45) is 11.5. The Hall–Kier alpha value is -4.14. The Labute approximate surface area is 242 Å². The van der Waals surface area contributed by atoms with Crippen molar-refractivity contribution in [2.75, 3.05) is 43.0 Å². The third kappa shape index (κ3) is 5.16. The Kier molecular flexibility index (Phi) is 7.29. The van der Waals surface area contributed by atoms with Crippen LogP contribution in [0.3, 0.4) is 0 Å². The Bertz CT molecular complexity index is 1770. The van der Waals surface area contributed by atoms with Crippen LogP contribution in [-0.2, 0) is 0 Å². The van der Waals surface area contributed by atoms with Crippen LogP contribution in [0, 0.1) is 24.0 Å². The zero-order chi connectivity index (χ0) is 29.6. The van der Waals surface area contributed by atoms with Gasteiger partial charge in [-0.2, -0.15) is 4.98 Å². The zero-order valence-corrected chi connectivity index (χ0v) is 23.7. The fourth-order valence-corrected chi connectivity index (χ4v) is 5.99. The summed E-state index contributed by atoms with van der Waals surface area (Å²) in [6.45, 7) is 4.42. The number of aromatic amines is 1. The Balaban J connectivity index is 1.54. The highest BCUT2D eigenvalue weighted by atomic mass is 19.1. The van der Waals surface area contributed by atoms with Crippen LogP contribution in [0.25, 0.3) is 33.1 Å². The molecule has 0 aliphatic carbocycles. The van der Waals surface area contributed by atoms with Crippen LogP contribution < -0.4 is 20.7 Å². The molecule has 0 unspecified atom stereocenters. The molecule has 1 atom stereocenters. The molecule has 1 aromatic carbocycles. The lowest BCUT2D eigenvalue weighted by Crippen LogP contribution is -2.44. The number of piperidine rings is 2. The van der Waals surface area contributed by atoms with Gasteiger partial charge in [0.1, 0.15) is 22.8 Å². The zero-order valence-electron chi connectivity index (χ0n) is 23.7. The lowest BCUT2D eigenvalue weighted by atomic mass is 9.94. The van der Waals surface area contributed by atoms with Gasteiger partial charge in [-0.05, 0) is 50.6 Å². The number of likely N-dealkylation sites (N-methyl/N-ethyl adjacent to an activating group) is 1. The predicted molar refractivity (Wildman–Crippen MR) is 160 cm³/mol. The summed E-state index contributed by atoms with van der Waals surface area (Å²) >= 11 is 0. The first kappa shape index (κ1) is 28.0. The summed E-state index contributed by atoms with van der Waals surface area (Å²) in [5.74, 6) is 1.76. The molecule has 218 valence electrons. The fourth-order valence-electron chi connectivity index (χ4n) is 5.99. The molecule has 0 bridgehead atoms. The van der Waals surface area contributed by atoms with Gasteiger partial charge < -0.3 is 25.2 Å². The van der Waals surface area contributed by atoms with E-state index >= 15 is 4.39 Å². The predicted octanol–water partition coefficient (Wildman–Crippen LogP) is 3.72. The average Bonchev–Trinajstić information content (AvgIpc) is 2.97. The van der Waals surface area contributed by atoms with Gasteiger partial charge in [-0.3, -0.25) is 9.78 Å². The molecule has 2 fully saturated rings. The van der Waals surface area contributed by atoms with Crippen molar-refractivity contribution in [3.63, 3.8) is 0 Å². The van der Waals surface area contributed by atoms with Crippen LogP contribution in [0.4, 0.5) is 20.5 Å². The molecule has 0 radical (unpaired) electrons. The first-order valence-corrected chi connectivity index (χ1v) is 14.3. The normalized spacial score (nSPS) is 18.8. The molecule has 9 nitrogen and oxygen atoms in total. The van der Waals surface area contributed by atoms with Gasteiger partial charge >= 0.3 is 0 Å². The largest absolute Gasteiger partial charge is 0.390 e. The molecule has 2 aliphatic rings. The minimum absolute atomic E-state index is 0.0140. The monoisotopic (exact) mass is 573 g/mol. The van der Waals surface area contributed by atoms with Crippen LogP contribution in [0.1, 0.15) is 44.6 Å². The van der Waals surface area contributed by atoms with Gasteiger partial charge in [0, 0.05) is 50.4 Å². The summed E-state index contributed by atoms with van der Waals surface area (Å²) in [5.41, 5.74) is -1.56. The van der Waals surface area contributed by atoms with Gasteiger partial charge in [0.05, 0.1) is 22.2 Å².